The number of nitrogens with zero attached hydrogens (tertiary/aromatic N) is 3. The van der Waals surface area contributed by atoms with E-state index in [1.165, 1.54) is 4.57 Å². The fourth-order valence-corrected chi connectivity index (χ4v) is 4.72. The Morgan fingerprint density at radius 2 is 1.80 bits per heavy atom. The van der Waals surface area contributed by atoms with Crippen molar-refractivity contribution in [2.24, 2.45) is 0 Å². The van der Waals surface area contributed by atoms with E-state index < -0.39 is 5.76 Å². The maximum atomic E-state index is 12.3. The number of oxazole rings is 2. The lowest BCUT2D eigenvalue weighted by Gasteiger charge is -2.26. The van der Waals surface area contributed by atoms with Crippen LogP contribution in [0.3, 0.4) is 0 Å². The first-order valence-corrected chi connectivity index (χ1v) is 13.5. The average Bonchev–Trinajstić information content (AvgIpc) is 3.49. The third kappa shape index (κ3) is 6.57. The molecular weight excluding hydrogens is 514 g/mol. The van der Waals surface area contributed by atoms with Gasteiger partial charge in [0.15, 0.2) is 17.3 Å². The van der Waals surface area contributed by atoms with Crippen molar-refractivity contribution in [2.45, 2.75) is 39.3 Å². The third-order valence-electron chi connectivity index (χ3n) is 7.05. The van der Waals surface area contributed by atoms with Crippen molar-refractivity contribution >= 4 is 0 Å². The predicted molar refractivity (Wildman–Crippen MR) is 148 cm³/mol. The van der Waals surface area contributed by atoms with Crippen LogP contribution in [-0.4, -0.2) is 59.5 Å². The Kier molecular flexibility index (Phi) is 8.87. The molecule has 10 heteroatoms. The number of hydrogen-bond donors (Lipinski definition) is 1. The summed E-state index contributed by atoms with van der Waals surface area (Å²) in [6.07, 6.45) is 1.84. The molecule has 0 radical (unpaired) electrons. The van der Waals surface area contributed by atoms with E-state index in [9.17, 15) is 9.90 Å². The molecule has 4 aromatic rings. The van der Waals surface area contributed by atoms with E-state index in [1.54, 1.807) is 7.11 Å². The molecule has 1 aliphatic heterocycles. The number of methoxy groups -OCH3 is 1. The normalized spacial score (nSPS) is 13.9. The van der Waals surface area contributed by atoms with Crippen molar-refractivity contribution in [3.63, 3.8) is 0 Å². The van der Waals surface area contributed by atoms with Crippen LogP contribution < -0.4 is 15.2 Å². The number of rotatable bonds is 12. The van der Waals surface area contributed by atoms with Gasteiger partial charge in [-0.1, -0.05) is 24.3 Å². The first-order valence-electron chi connectivity index (χ1n) is 13.5. The van der Waals surface area contributed by atoms with Crippen LogP contribution in [0.15, 0.2) is 62.2 Å². The van der Waals surface area contributed by atoms with Crippen LogP contribution in [0.25, 0.3) is 11.5 Å². The van der Waals surface area contributed by atoms with Crippen LogP contribution in [0.4, 0.5) is 0 Å². The van der Waals surface area contributed by atoms with E-state index in [0.29, 0.717) is 74.5 Å². The minimum absolute atomic E-state index is 0.0850. The van der Waals surface area contributed by atoms with E-state index in [1.807, 2.05) is 55.5 Å². The van der Waals surface area contributed by atoms with Crippen LogP contribution in [0, 0.1) is 6.92 Å². The van der Waals surface area contributed by atoms with Crippen molar-refractivity contribution in [3.05, 3.63) is 81.9 Å². The van der Waals surface area contributed by atoms with E-state index in [2.05, 4.69) is 9.88 Å². The molecule has 0 unspecified atom stereocenters. The smallest absolute Gasteiger partial charge is 0.422 e. The van der Waals surface area contributed by atoms with Crippen LogP contribution in [0.5, 0.6) is 17.4 Å². The van der Waals surface area contributed by atoms with Crippen LogP contribution in [0.2, 0.25) is 0 Å². The number of aromatic hydroxyl groups is 1. The Morgan fingerprint density at radius 3 is 2.58 bits per heavy atom. The van der Waals surface area contributed by atoms with Gasteiger partial charge in [-0.3, -0.25) is 4.90 Å². The van der Waals surface area contributed by atoms with Gasteiger partial charge in [-0.15, -0.1) is 0 Å². The summed E-state index contributed by atoms with van der Waals surface area (Å²) in [5.74, 6) is 2.20. The molecular formula is C30H35N3O7. The highest BCUT2D eigenvalue weighted by atomic mass is 16.5. The Morgan fingerprint density at radius 1 is 1.00 bits per heavy atom. The van der Waals surface area contributed by atoms with Crippen molar-refractivity contribution in [2.75, 3.05) is 40.0 Å². The molecule has 0 spiro atoms. The molecule has 0 atom stereocenters. The molecule has 10 nitrogen and oxygen atoms in total. The number of hydrogen-bond acceptors (Lipinski definition) is 9. The number of aromatic nitrogens is 2. The van der Waals surface area contributed by atoms with Gasteiger partial charge in [-0.2, -0.15) is 0 Å². The Labute approximate surface area is 232 Å². The summed E-state index contributed by atoms with van der Waals surface area (Å²) in [6, 6.07) is 15.5. The Bertz CT molecular complexity index is 1450. The number of aryl methyl sites for hydroxylation is 3. The average molecular weight is 550 g/mol. The molecule has 0 aliphatic carbocycles. The summed E-state index contributed by atoms with van der Waals surface area (Å²) in [4.78, 5) is 19.1. The number of benzene rings is 2. The number of ether oxygens (including phenoxy) is 3. The fourth-order valence-electron chi connectivity index (χ4n) is 4.72. The summed E-state index contributed by atoms with van der Waals surface area (Å²) >= 11 is 0. The molecule has 1 saturated heterocycles. The van der Waals surface area contributed by atoms with E-state index in [4.69, 9.17) is 23.0 Å². The van der Waals surface area contributed by atoms with Crippen molar-refractivity contribution in [1.82, 2.24) is 14.5 Å². The summed E-state index contributed by atoms with van der Waals surface area (Å²) < 4.78 is 29.4. The first kappa shape index (κ1) is 27.5. The molecule has 1 fully saturated rings. The molecule has 1 aliphatic rings. The molecule has 5 rings (SSSR count). The molecule has 0 amide bonds. The van der Waals surface area contributed by atoms with Gasteiger partial charge in [0, 0.05) is 38.2 Å². The largest absolute Gasteiger partial charge is 0.493 e. The quantitative estimate of drug-likeness (QED) is 0.278. The lowest BCUT2D eigenvalue weighted by molar-refractivity contribution is 0.0359. The topological polar surface area (TPSA) is 112 Å². The van der Waals surface area contributed by atoms with Crippen LogP contribution >= 0.6 is 0 Å². The zero-order valence-electron chi connectivity index (χ0n) is 22.9. The lowest BCUT2D eigenvalue weighted by atomic mass is 10.1. The van der Waals surface area contributed by atoms with Crippen molar-refractivity contribution in [3.8, 4) is 28.8 Å². The zero-order valence-corrected chi connectivity index (χ0v) is 22.9. The molecule has 2 aromatic carbocycles. The Hall–Kier alpha value is -4.02. The van der Waals surface area contributed by atoms with Gasteiger partial charge in [0.2, 0.25) is 11.8 Å². The monoisotopic (exact) mass is 549 g/mol. The molecule has 212 valence electrons. The summed E-state index contributed by atoms with van der Waals surface area (Å²) in [7, 11) is 1.60. The van der Waals surface area contributed by atoms with E-state index >= 15 is 0 Å². The molecule has 2 aromatic heterocycles. The molecule has 0 bridgehead atoms. The van der Waals surface area contributed by atoms with Crippen LogP contribution in [-0.2, 0) is 30.7 Å². The first-order chi connectivity index (χ1) is 19.5. The predicted octanol–water partition coefficient (Wildman–Crippen LogP) is 4.21. The minimum atomic E-state index is -0.526. The highest BCUT2D eigenvalue weighted by Gasteiger charge is 2.18. The van der Waals surface area contributed by atoms with Gasteiger partial charge >= 0.3 is 5.76 Å². The van der Waals surface area contributed by atoms with Crippen molar-refractivity contribution < 1.29 is 28.2 Å². The van der Waals surface area contributed by atoms with E-state index in [0.717, 1.165) is 29.9 Å². The highest BCUT2D eigenvalue weighted by molar-refractivity contribution is 5.53. The highest BCUT2D eigenvalue weighted by Crippen LogP contribution is 2.30. The molecule has 1 N–H and O–H groups in total. The molecule has 3 heterocycles. The lowest BCUT2D eigenvalue weighted by Crippen LogP contribution is -2.38. The second kappa shape index (κ2) is 12.9. The van der Waals surface area contributed by atoms with E-state index in [-0.39, 0.29) is 12.5 Å². The second-order valence-corrected chi connectivity index (χ2v) is 9.74. The van der Waals surface area contributed by atoms with Crippen molar-refractivity contribution in [1.29, 1.82) is 0 Å². The summed E-state index contributed by atoms with van der Waals surface area (Å²) in [5, 5.41) is 10.6. The SMILES string of the molecule is COc1cc(CCCc2oc(=O)n(CCN3CCOCC3)c2O)ccc1OCc1nc(-c2ccccc2)oc1C. The van der Waals surface area contributed by atoms with Gasteiger partial charge < -0.3 is 28.2 Å². The van der Waals surface area contributed by atoms with Gasteiger partial charge in [0.25, 0.3) is 0 Å². The maximum absolute atomic E-state index is 12.3. The molecule has 0 saturated carbocycles. The maximum Gasteiger partial charge on any atom is 0.422 e. The van der Waals surface area contributed by atoms with Gasteiger partial charge in [0.05, 0.1) is 20.3 Å². The van der Waals surface area contributed by atoms with Gasteiger partial charge in [-0.25, -0.2) is 14.3 Å². The van der Waals surface area contributed by atoms with Gasteiger partial charge in [0.1, 0.15) is 18.1 Å². The Balaban J connectivity index is 1.15. The van der Waals surface area contributed by atoms with Crippen LogP contribution in [0.1, 0.15) is 29.2 Å². The number of morpholine rings is 1. The third-order valence-corrected chi connectivity index (χ3v) is 7.05. The summed E-state index contributed by atoms with van der Waals surface area (Å²) in [6.45, 7) is 6.18. The minimum Gasteiger partial charge on any atom is -0.493 e. The summed E-state index contributed by atoms with van der Waals surface area (Å²) in [5.41, 5.74) is 2.68. The standard InChI is InChI=1S/C30H35N3O7/c1-21-24(31-28(39-21)23-8-4-3-5-9-23)20-38-25-12-11-22(19-27(25)36-2)7-6-10-26-29(34)33(30(35)40-26)14-13-32-15-17-37-18-16-32/h3-5,8-9,11-12,19,34H,6-7,10,13-18,20H2,1-2H3. The zero-order chi connectivity index (χ0) is 27.9. The van der Waals surface area contributed by atoms with Gasteiger partial charge in [-0.05, 0) is 49.6 Å². The molecule has 40 heavy (non-hydrogen) atoms. The second-order valence-electron chi connectivity index (χ2n) is 9.74. The fraction of sp³-hybridized carbons (Fsp3) is 0.400.